The van der Waals surface area contributed by atoms with Crippen LogP contribution < -0.4 is 11.5 Å². The molecule has 0 aliphatic carbocycles. The number of fused-ring (bicyclic) bond motifs is 2. The van der Waals surface area contributed by atoms with Gasteiger partial charge in [0, 0.05) is 12.6 Å². The Bertz CT molecular complexity index is 1570. The molecule has 2 saturated heterocycles. The van der Waals surface area contributed by atoms with Gasteiger partial charge in [0.15, 0.2) is 35.3 Å². The average molecular weight is 560 g/mol. The predicted molar refractivity (Wildman–Crippen MR) is 139 cm³/mol. The lowest BCUT2D eigenvalue weighted by Crippen LogP contribution is -2.39. The molecular weight excluding hydrogens is 528 g/mol. The zero-order valence-corrected chi connectivity index (χ0v) is 22.1. The zero-order valence-electron chi connectivity index (χ0n) is 22.1. The van der Waals surface area contributed by atoms with Crippen molar-refractivity contribution in [2.75, 3.05) is 11.5 Å². The second-order valence-electron chi connectivity index (χ2n) is 10.8. The summed E-state index contributed by atoms with van der Waals surface area (Å²) in [5.41, 5.74) is 8.68. The van der Waals surface area contributed by atoms with E-state index >= 15 is 8.78 Å². The molecule has 6 heterocycles. The molecule has 6 rings (SSSR count). The van der Waals surface area contributed by atoms with Gasteiger partial charge in [0.2, 0.25) is 0 Å². The fourth-order valence-corrected chi connectivity index (χ4v) is 5.71. The van der Waals surface area contributed by atoms with Gasteiger partial charge >= 0.3 is 0 Å². The van der Waals surface area contributed by atoms with Gasteiger partial charge in [-0.2, -0.15) is 0 Å². The maximum absolute atomic E-state index is 15.9. The van der Waals surface area contributed by atoms with Gasteiger partial charge in [0.05, 0.1) is 23.9 Å². The first-order chi connectivity index (χ1) is 18.9. The molecule has 0 amide bonds. The Hall–Kier alpha value is -3.53. The number of nitrogens with zero attached hydrogens (tertiary/aromatic N) is 7. The summed E-state index contributed by atoms with van der Waals surface area (Å²) in [5.74, 6) is 0.589. The van der Waals surface area contributed by atoms with Gasteiger partial charge in [-0.3, -0.25) is 4.57 Å². The zero-order chi connectivity index (χ0) is 28.6. The van der Waals surface area contributed by atoms with Crippen LogP contribution in [-0.2, 0) is 15.9 Å². The van der Waals surface area contributed by atoms with Gasteiger partial charge in [0.25, 0.3) is 0 Å². The number of ether oxygens (including phenoxy) is 2. The molecular formula is C25H31F2N9O4. The molecule has 6 N–H and O–H groups in total. The molecule has 4 aromatic heterocycles. The van der Waals surface area contributed by atoms with Crippen molar-refractivity contribution in [2.45, 2.75) is 88.2 Å². The molecule has 0 spiro atoms. The van der Waals surface area contributed by atoms with E-state index in [1.165, 1.54) is 35.6 Å². The highest BCUT2D eigenvalue weighted by atomic mass is 19.1. The summed E-state index contributed by atoms with van der Waals surface area (Å²) in [6.07, 6.45) is -1.78. The average Bonchev–Trinajstić information content (AvgIpc) is 3.63. The third-order valence-electron chi connectivity index (χ3n) is 8.03. The number of halogens is 2. The molecule has 4 unspecified atom stereocenters. The van der Waals surface area contributed by atoms with Gasteiger partial charge < -0.3 is 35.7 Å². The lowest BCUT2D eigenvalue weighted by atomic mass is 9.96. The number of aryl methyl sites for hydroxylation is 1. The Morgan fingerprint density at radius 2 is 1.60 bits per heavy atom. The maximum Gasteiger partial charge on any atom is 0.181 e. The number of aliphatic hydroxyl groups is 2. The van der Waals surface area contributed by atoms with Crippen LogP contribution >= 0.6 is 0 Å². The van der Waals surface area contributed by atoms with Crippen molar-refractivity contribution in [1.82, 2.24) is 34.1 Å². The first-order valence-corrected chi connectivity index (χ1v) is 13.1. The Labute approximate surface area is 227 Å². The van der Waals surface area contributed by atoms with Gasteiger partial charge in [-0.15, -0.1) is 0 Å². The molecule has 0 saturated carbocycles. The van der Waals surface area contributed by atoms with Crippen LogP contribution in [0.1, 0.15) is 51.9 Å². The van der Waals surface area contributed by atoms with Crippen LogP contribution in [0.2, 0.25) is 0 Å². The summed E-state index contributed by atoms with van der Waals surface area (Å²) >= 11 is 0. The van der Waals surface area contributed by atoms with Gasteiger partial charge in [-0.1, -0.05) is 6.92 Å². The van der Waals surface area contributed by atoms with Crippen molar-refractivity contribution < 1.29 is 28.5 Å². The largest absolute Gasteiger partial charge is 0.387 e. The molecule has 214 valence electrons. The highest BCUT2D eigenvalue weighted by molar-refractivity contribution is 5.86. The molecule has 0 aromatic carbocycles. The Balaban J connectivity index is 1.25. The Kier molecular flexibility index (Phi) is 6.18. The molecule has 8 atom stereocenters. The van der Waals surface area contributed by atoms with E-state index in [1.807, 2.05) is 0 Å². The molecule has 40 heavy (non-hydrogen) atoms. The van der Waals surface area contributed by atoms with Crippen molar-refractivity contribution in [3.05, 3.63) is 30.7 Å². The molecule has 15 heteroatoms. The van der Waals surface area contributed by atoms with E-state index in [0.29, 0.717) is 17.5 Å². The maximum atomic E-state index is 15.9. The summed E-state index contributed by atoms with van der Waals surface area (Å²) < 4.78 is 46.1. The number of nitrogen functional groups attached to an aromatic ring is 2. The van der Waals surface area contributed by atoms with Crippen LogP contribution in [0.25, 0.3) is 22.2 Å². The molecule has 4 aromatic rings. The number of rotatable bonds is 6. The van der Waals surface area contributed by atoms with Crippen molar-refractivity contribution in [3.63, 3.8) is 0 Å². The Morgan fingerprint density at radius 1 is 0.925 bits per heavy atom. The van der Waals surface area contributed by atoms with Crippen LogP contribution in [0, 0.1) is 0 Å². The van der Waals surface area contributed by atoms with E-state index in [9.17, 15) is 10.2 Å². The first kappa shape index (κ1) is 26.7. The summed E-state index contributed by atoms with van der Waals surface area (Å²) in [6.45, 7) is 4.34. The summed E-state index contributed by atoms with van der Waals surface area (Å²) in [7, 11) is 0. The van der Waals surface area contributed by atoms with E-state index in [-0.39, 0.29) is 41.5 Å². The standard InChI is InChI=1S/C25H31F2N9O4/c1-4-12-16(37)24(2,26)23(39-12)36-10-32-15-19(29)33-14(34-21(15)36)6-5-13-17(38)25(3,27)22(40-13)35-8-7-11-18(28)30-9-31-20(11)35/h7-10,12-13,16-17,22-23,37-38H,4-6H2,1-3H3,(H2,28,30,31)(H2,29,33,34)/t12-,13-,16?,17?,22-,23-,24?,25?/m1/s1. The van der Waals surface area contributed by atoms with Crippen LogP contribution in [0.3, 0.4) is 0 Å². The van der Waals surface area contributed by atoms with Crippen molar-refractivity contribution >= 4 is 33.8 Å². The van der Waals surface area contributed by atoms with Crippen molar-refractivity contribution in [1.29, 1.82) is 0 Å². The fraction of sp³-hybridized carbons (Fsp3) is 0.560. The lowest BCUT2D eigenvalue weighted by Gasteiger charge is -2.25. The van der Waals surface area contributed by atoms with E-state index in [1.54, 1.807) is 19.2 Å². The number of hydrogen-bond acceptors (Lipinski definition) is 11. The fourth-order valence-electron chi connectivity index (χ4n) is 5.71. The first-order valence-electron chi connectivity index (χ1n) is 13.1. The number of nitrogens with two attached hydrogens (primary N) is 2. The molecule has 0 bridgehead atoms. The molecule has 2 aliphatic rings. The van der Waals surface area contributed by atoms with E-state index in [4.69, 9.17) is 20.9 Å². The van der Waals surface area contributed by atoms with E-state index < -0.39 is 48.2 Å². The number of alkyl halides is 2. The molecule has 2 aliphatic heterocycles. The second kappa shape index (κ2) is 9.26. The predicted octanol–water partition coefficient (Wildman–Crippen LogP) is 1.75. The highest BCUT2D eigenvalue weighted by Crippen LogP contribution is 2.45. The number of imidazole rings is 1. The third-order valence-corrected chi connectivity index (χ3v) is 8.03. The van der Waals surface area contributed by atoms with Gasteiger partial charge in [-0.05, 0) is 32.8 Å². The SMILES string of the molecule is CC[C@H]1O[C@@H](n2cnc3c(N)nc(CC[C@H]4O[C@@H](n5ccc6c(N)ncnc65)C(C)(F)C4O)nc32)C(C)(F)C1O. The quantitative estimate of drug-likeness (QED) is 0.270. The Morgan fingerprint density at radius 3 is 2.30 bits per heavy atom. The summed E-state index contributed by atoms with van der Waals surface area (Å²) in [4.78, 5) is 21.2. The minimum Gasteiger partial charge on any atom is -0.387 e. The summed E-state index contributed by atoms with van der Waals surface area (Å²) in [5, 5.41) is 21.8. The topological polar surface area (TPSA) is 185 Å². The number of hydrogen-bond donors (Lipinski definition) is 4. The summed E-state index contributed by atoms with van der Waals surface area (Å²) in [6, 6.07) is 1.66. The lowest BCUT2D eigenvalue weighted by molar-refractivity contribution is -0.0465. The van der Waals surface area contributed by atoms with Crippen LogP contribution in [0.5, 0.6) is 0 Å². The van der Waals surface area contributed by atoms with E-state index in [0.717, 1.165) is 0 Å². The normalized spacial score (nSPS) is 34.4. The second-order valence-corrected chi connectivity index (χ2v) is 10.8. The number of anilines is 2. The minimum atomic E-state index is -2.15. The van der Waals surface area contributed by atoms with Crippen LogP contribution in [0.15, 0.2) is 24.9 Å². The minimum absolute atomic E-state index is 0.0714. The highest BCUT2D eigenvalue weighted by Gasteiger charge is 2.56. The van der Waals surface area contributed by atoms with Crippen LogP contribution in [0.4, 0.5) is 20.4 Å². The molecule has 2 fully saturated rings. The van der Waals surface area contributed by atoms with Crippen molar-refractivity contribution in [2.24, 2.45) is 0 Å². The number of aromatic nitrogens is 7. The van der Waals surface area contributed by atoms with Crippen molar-refractivity contribution in [3.8, 4) is 0 Å². The molecule has 13 nitrogen and oxygen atoms in total. The monoisotopic (exact) mass is 559 g/mol. The number of aliphatic hydroxyl groups excluding tert-OH is 2. The van der Waals surface area contributed by atoms with Gasteiger partial charge in [-0.25, -0.2) is 33.7 Å². The van der Waals surface area contributed by atoms with Gasteiger partial charge in [0.1, 0.15) is 41.3 Å². The van der Waals surface area contributed by atoms with Crippen LogP contribution in [-0.4, -0.2) is 80.0 Å². The third kappa shape index (κ3) is 3.90. The molecule has 0 radical (unpaired) electrons. The van der Waals surface area contributed by atoms with E-state index in [2.05, 4.69) is 24.9 Å². The smallest absolute Gasteiger partial charge is 0.181 e.